The van der Waals surface area contributed by atoms with E-state index in [4.69, 9.17) is 9.47 Å². The van der Waals surface area contributed by atoms with Crippen molar-refractivity contribution in [3.63, 3.8) is 0 Å². The van der Waals surface area contributed by atoms with Gasteiger partial charge < -0.3 is 40.2 Å². The first-order valence-electron chi connectivity index (χ1n) is 10.8. The Kier molecular flexibility index (Phi) is 6.91. The number of H-pyrrole nitrogens is 1. The summed E-state index contributed by atoms with van der Waals surface area (Å²) in [5.74, 6) is -4.38. The van der Waals surface area contributed by atoms with Crippen molar-refractivity contribution in [1.82, 2.24) is 14.6 Å². The van der Waals surface area contributed by atoms with Crippen molar-refractivity contribution in [3.05, 3.63) is 80.9 Å². The molecular formula is C23H24FN3O10. The van der Waals surface area contributed by atoms with Crippen LogP contribution in [-0.2, 0) is 17.2 Å². The van der Waals surface area contributed by atoms with Crippen LogP contribution in [0.4, 0.5) is 4.39 Å². The highest BCUT2D eigenvalue weighted by molar-refractivity contribution is 5.62. The molecule has 3 aromatic rings. The summed E-state index contributed by atoms with van der Waals surface area (Å²) in [6.45, 7) is -1.60. The van der Waals surface area contributed by atoms with E-state index in [0.29, 0.717) is 6.20 Å². The zero-order chi connectivity index (χ0) is 27.1. The lowest BCUT2D eigenvalue weighted by molar-refractivity contribution is -0.413. The molecule has 4 atom stereocenters. The number of phenols is 1. The molecule has 1 fully saturated rings. The van der Waals surface area contributed by atoms with Gasteiger partial charge in [0, 0.05) is 11.8 Å². The molecule has 37 heavy (non-hydrogen) atoms. The number of nitrogens with zero attached hydrogens (tertiary/aromatic N) is 2. The summed E-state index contributed by atoms with van der Waals surface area (Å²) in [5.41, 5.74) is -6.14. The highest BCUT2D eigenvalue weighted by atomic mass is 19.1. The molecule has 2 heterocycles. The van der Waals surface area contributed by atoms with Crippen molar-refractivity contribution in [2.45, 2.75) is 30.4 Å². The van der Waals surface area contributed by atoms with Gasteiger partial charge in [-0.15, -0.1) is 5.06 Å². The molecule has 0 radical (unpaired) electrons. The fourth-order valence-corrected chi connectivity index (χ4v) is 4.19. The first-order valence-corrected chi connectivity index (χ1v) is 10.8. The van der Waals surface area contributed by atoms with Crippen molar-refractivity contribution in [3.8, 4) is 22.6 Å². The minimum Gasteiger partial charge on any atom is -0.504 e. The van der Waals surface area contributed by atoms with E-state index in [1.54, 1.807) is 0 Å². The smallest absolute Gasteiger partial charge is 0.332 e. The normalized spacial score (nSPS) is 25.5. The molecule has 0 spiro atoms. The average molecular weight is 521 g/mol. The van der Waals surface area contributed by atoms with Crippen molar-refractivity contribution in [1.29, 1.82) is 0 Å². The van der Waals surface area contributed by atoms with Crippen molar-refractivity contribution in [2.75, 3.05) is 13.7 Å². The maximum Gasteiger partial charge on any atom is 0.332 e. The number of rotatable bonds is 7. The van der Waals surface area contributed by atoms with Crippen LogP contribution >= 0.6 is 0 Å². The summed E-state index contributed by atoms with van der Waals surface area (Å²) < 4.78 is 24.9. The Labute approximate surface area is 207 Å². The molecule has 0 bridgehead atoms. The van der Waals surface area contributed by atoms with E-state index in [9.17, 15) is 44.7 Å². The van der Waals surface area contributed by atoms with Crippen molar-refractivity contribution in [2.24, 2.45) is 0 Å². The SMILES string of the molecule is COc1cc(CN(O)[C@@]2(O)[C@H](O)[C@@H](CO)O[C@]2(O)n2cc(-c3ccccc3F)c(=O)[nH]c2=O)ccc1O. The molecule has 1 aliphatic rings. The molecule has 2 aromatic carbocycles. The van der Waals surface area contributed by atoms with Gasteiger partial charge >= 0.3 is 11.6 Å². The highest BCUT2D eigenvalue weighted by Gasteiger charge is 2.70. The third kappa shape index (κ3) is 4.19. The maximum absolute atomic E-state index is 14.4. The van der Waals surface area contributed by atoms with Gasteiger partial charge in [0.05, 0.1) is 25.8 Å². The van der Waals surface area contributed by atoms with Gasteiger partial charge in [-0.05, 0) is 23.8 Å². The molecule has 0 amide bonds. The zero-order valence-corrected chi connectivity index (χ0v) is 19.3. The van der Waals surface area contributed by atoms with Crippen LogP contribution in [0.25, 0.3) is 11.1 Å². The standard InChI is InChI=1S/C23H24FN3O10/c1-36-17-8-12(6-7-16(17)29)9-27(35)22(33)19(30)18(11-28)37-23(22,34)26-10-14(20(31)25-21(26)32)13-4-2-3-5-15(13)24/h2-8,10,18-19,28-30,33-35H,9,11H2,1H3,(H,25,31,32)/t18-,19-,22-,23+/m1/s1. The molecule has 13 nitrogen and oxygen atoms in total. The lowest BCUT2D eigenvalue weighted by Gasteiger charge is -2.42. The number of hydrogen-bond donors (Lipinski definition) is 7. The second-order valence-corrected chi connectivity index (χ2v) is 8.33. The minimum absolute atomic E-state index is 0.0102. The van der Waals surface area contributed by atoms with E-state index in [2.05, 4.69) is 0 Å². The summed E-state index contributed by atoms with van der Waals surface area (Å²) in [4.78, 5) is 27.1. The quantitative estimate of drug-likeness (QED) is 0.149. The van der Waals surface area contributed by atoms with Crippen LogP contribution in [0, 0.1) is 5.82 Å². The second kappa shape index (κ2) is 9.68. The van der Waals surface area contributed by atoms with Gasteiger partial charge in [-0.3, -0.25) is 9.78 Å². The van der Waals surface area contributed by atoms with Gasteiger partial charge in [-0.1, -0.05) is 24.3 Å². The lowest BCUT2D eigenvalue weighted by Crippen LogP contribution is -2.68. The number of aliphatic hydroxyl groups is 4. The highest BCUT2D eigenvalue weighted by Crippen LogP contribution is 2.44. The number of phenolic OH excluding ortho intramolecular Hbond substituents is 1. The molecule has 0 aliphatic carbocycles. The van der Waals surface area contributed by atoms with Crippen LogP contribution in [-0.4, -0.2) is 77.0 Å². The van der Waals surface area contributed by atoms with Crippen LogP contribution in [0.2, 0.25) is 0 Å². The van der Waals surface area contributed by atoms with E-state index in [-0.39, 0.29) is 32.3 Å². The fraction of sp³-hybridized carbons (Fsp3) is 0.304. The summed E-state index contributed by atoms with van der Waals surface area (Å²) in [6, 6.07) is 8.89. The van der Waals surface area contributed by atoms with Gasteiger partial charge in [0.1, 0.15) is 18.0 Å². The third-order valence-electron chi connectivity index (χ3n) is 6.14. The summed E-state index contributed by atoms with van der Waals surface area (Å²) >= 11 is 0. The molecule has 1 saturated heterocycles. The number of aliphatic hydroxyl groups excluding tert-OH is 2. The molecule has 1 aromatic heterocycles. The zero-order valence-electron chi connectivity index (χ0n) is 19.3. The predicted octanol–water partition coefficient (Wildman–Crippen LogP) is -1.01. The fourth-order valence-electron chi connectivity index (χ4n) is 4.19. The molecule has 7 N–H and O–H groups in total. The van der Waals surface area contributed by atoms with Crippen LogP contribution in [0.1, 0.15) is 5.56 Å². The lowest BCUT2D eigenvalue weighted by atomic mass is 9.99. The summed E-state index contributed by atoms with van der Waals surface area (Å²) in [5, 5.41) is 64.2. The monoisotopic (exact) mass is 521 g/mol. The van der Waals surface area contributed by atoms with E-state index in [1.165, 1.54) is 43.5 Å². The first-order chi connectivity index (χ1) is 17.5. The van der Waals surface area contributed by atoms with E-state index >= 15 is 0 Å². The number of aromatic nitrogens is 2. The Morgan fingerprint density at radius 1 is 1.19 bits per heavy atom. The second-order valence-electron chi connectivity index (χ2n) is 8.33. The summed E-state index contributed by atoms with van der Waals surface area (Å²) in [7, 11) is 1.28. The summed E-state index contributed by atoms with van der Waals surface area (Å²) in [6.07, 6.45) is -3.26. The number of benzene rings is 2. The molecule has 0 unspecified atom stereocenters. The largest absolute Gasteiger partial charge is 0.504 e. The Balaban J connectivity index is 1.86. The number of hydroxylamine groups is 2. The Bertz CT molecular complexity index is 1430. The number of hydrogen-bond acceptors (Lipinski definition) is 11. The number of aromatic amines is 1. The van der Waals surface area contributed by atoms with Gasteiger partial charge in [0.25, 0.3) is 5.56 Å². The Morgan fingerprint density at radius 2 is 1.89 bits per heavy atom. The van der Waals surface area contributed by atoms with Crippen LogP contribution in [0.5, 0.6) is 11.5 Å². The molecule has 14 heteroatoms. The number of halogens is 1. The van der Waals surface area contributed by atoms with Crippen LogP contribution in [0.3, 0.4) is 0 Å². The van der Waals surface area contributed by atoms with Crippen molar-refractivity contribution >= 4 is 0 Å². The van der Waals surface area contributed by atoms with E-state index in [1.807, 2.05) is 4.98 Å². The Morgan fingerprint density at radius 3 is 2.54 bits per heavy atom. The molecule has 198 valence electrons. The van der Waals surface area contributed by atoms with Gasteiger partial charge in [0.15, 0.2) is 11.5 Å². The third-order valence-corrected chi connectivity index (χ3v) is 6.14. The maximum atomic E-state index is 14.4. The first kappa shape index (κ1) is 26.4. The topological polar surface area (TPSA) is 198 Å². The van der Waals surface area contributed by atoms with Crippen LogP contribution in [0.15, 0.2) is 58.3 Å². The molecule has 1 aliphatic heterocycles. The number of nitrogens with one attached hydrogen (secondary N) is 1. The number of methoxy groups -OCH3 is 1. The van der Waals surface area contributed by atoms with E-state index in [0.717, 1.165) is 6.07 Å². The van der Waals surface area contributed by atoms with E-state index < -0.39 is 59.6 Å². The van der Waals surface area contributed by atoms with Gasteiger partial charge in [-0.2, -0.15) is 0 Å². The van der Waals surface area contributed by atoms with Crippen molar-refractivity contribution < 1.29 is 44.6 Å². The molecule has 4 rings (SSSR count). The Hall–Kier alpha value is -3.63. The average Bonchev–Trinajstić information content (AvgIpc) is 3.07. The molecular weight excluding hydrogens is 497 g/mol. The minimum atomic E-state index is -3.32. The van der Waals surface area contributed by atoms with Crippen LogP contribution < -0.4 is 16.0 Å². The molecule has 0 saturated carbocycles. The number of ether oxygens (including phenoxy) is 2. The predicted molar refractivity (Wildman–Crippen MR) is 122 cm³/mol. The van der Waals surface area contributed by atoms with Gasteiger partial charge in [-0.25, -0.2) is 13.8 Å². The number of aromatic hydroxyl groups is 1. The van der Waals surface area contributed by atoms with Gasteiger partial charge in [0.2, 0.25) is 5.72 Å².